The highest BCUT2D eigenvalue weighted by Crippen LogP contribution is 2.25. The molecule has 0 aliphatic carbocycles. The quantitative estimate of drug-likeness (QED) is 0.564. The molecule has 4 nitrogen and oxygen atoms in total. The van der Waals surface area contributed by atoms with Crippen molar-refractivity contribution in [1.82, 2.24) is 5.32 Å². The van der Waals surface area contributed by atoms with Crippen LogP contribution in [0.4, 0.5) is 0 Å². The number of para-hydroxylation sites is 1. The van der Waals surface area contributed by atoms with Gasteiger partial charge in [0.15, 0.2) is 0 Å². The lowest BCUT2D eigenvalue weighted by Crippen LogP contribution is -2.29. The Labute approximate surface area is 172 Å². The van der Waals surface area contributed by atoms with Crippen LogP contribution in [0.5, 0.6) is 11.5 Å². The molecule has 0 aromatic heterocycles. The molecule has 150 valence electrons. The highest BCUT2D eigenvalue weighted by atomic mass is 16.5. The summed E-state index contributed by atoms with van der Waals surface area (Å²) in [6, 6.07) is 25.5. The predicted molar refractivity (Wildman–Crippen MR) is 115 cm³/mol. The lowest BCUT2D eigenvalue weighted by molar-refractivity contribution is -0.121. The van der Waals surface area contributed by atoms with Gasteiger partial charge in [-0.25, -0.2) is 0 Å². The van der Waals surface area contributed by atoms with Gasteiger partial charge in [-0.1, -0.05) is 60.7 Å². The first-order chi connectivity index (χ1) is 14.2. The van der Waals surface area contributed by atoms with Crippen LogP contribution in [0.2, 0.25) is 0 Å². The Morgan fingerprint density at radius 2 is 1.55 bits per heavy atom. The van der Waals surface area contributed by atoms with Crippen LogP contribution in [0.1, 0.15) is 36.1 Å². The first-order valence-electron chi connectivity index (χ1n) is 9.90. The number of ether oxygens (including phenoxy) is 2. The maximum absolute atomic E-state index is 12.8. The number of aryl methyl sites for hydroxylation is 1. The SMILES string of the molecule is CCOc1ccccc1CCC(=O)NC(c1ccccc1)c1ccc(OC)cc1. The molecule has 3 aromatic rings. The molecule has 0 radical (unpaired) electrons. The number of hydrogen-bond donors (Lipinski definition) is 1. The molecule has 0 aliphatic heterocycles. The number of nitrogens with one attached hydrogen (secondary N) is 1. The van der Waals surface area contributed by atoms with Crippen molar-refractivity contribution in [2.24, 2.45) is 0 Å². The summed E-state index contributed by atoms with van der Waals surface area (Å²) >= 11 is 0. The van der Waals surface area contributed by atoms with Crippen molar-refractivity contribution < 1.29 is 14.3 Å². The number of rotatable bonds is 9. The van der Waals surface area contributed by atoms with Gasteiger partial charge in [0, 0.05) is 6.42 Å². The highest BCUT2D eigenvalue weighted by Gasteiger charge is 2.17. The molecule has 0 saturated carbocycles. The molecule has 1 amide bonds. The first kappa shape index (κ1) is 20.5. The van der Waals surface area contributed by atoms with E-state index in [4.69, 9.17) is 9.47 Å². The maximum Gasteiger partial charge on any atom is 0.221 e. The number of hydrogen-bond acceptors (Lipinski definition) is 3. The molecule has 1 unspecified atom stereocenters. The van der Waals surface area contributed by atoms with Gasteiger partial charge < -0.3 is 14.8 Å². The van der Waals surface area contributed by atoms with E-state index in [1.807, 2.05) is 85.8 Å². The van der Waals surface area contributed by atoms with Crippen molar-refractivity contribution in [3.05, 3.63) is 95.6 Å². The molecular formula is C25H27NO3. The minimum absolute atomic E-state index is 0.000901. The van der Waals surface area contributed by atoms with Gasteiger partial charge in [-0.2, -0.15) is 0 Å². The average Bonchev–Trinajstić information content (AvgIpc) is 2.78. The summed E-state index contributed by atoms with van der Waals surface area (Å²) in [5.74, 6) is 1.64. The third-order valence-electron chi connectivity index (χ3n) is 4.78. The normalized spacial score (nSPS) is 11.5. The molecule has 0 aliphatic rings. The second kappa shape index (κ2) is 10.3. The summed E-state index contributed by atoms with van der Waals surface area (Å²) in [5, 5.41) is 3.19. The second-order valence-electron chi connectivity index (χ2n) is 6.73. The van der Waals surface area contributed by atoms with Crippen LogP contribution in [-0.4, -0.2) is 19.6 Å². The molecule has 3 aromatic carbocycles. The van der Waals surface area contributed by atoms with E-state index in [0.29, 0.717) is 19.4 Å². The zero-order chi connectivity index (χ0) is 20.5. The maximum atomic E-state index is 12.8. The molecule has 0 bridgehead atoms. The van der Waals surface area contributed by atoms with Gasteiger partial charge in [0.1, 0.15) is 11.5 Å². The van der Waals surface area contributed by atoms with E-state index >= 15 is 0 Å². The van der Waals surface area contributed by atoms with E-state index < -0.39 is 0 Å². The van der Waals surface area contributed by atoms with Crippen molar-refractivity contribution in [2.75, 3.05) is 13.7 Å². The summed E-state index contributed by atoms with van der Waals surface area (Å²) in [7, 11) is 1.64. The van der Waals surface area contributed by atoms with Crippen molar-refractivity contribution in [3.8, 4) is 11.5 Å². The zero-order valence-corrected chi connectivity index (χ0v) is 16.9. The molecular weight excluding hydrogens is 362 g/mol. The lowest BCUT2D eigenvalue weighted by atomic mass is 9.98. The van der Waals surface area contributed by atoms with Crippen molar-refractivity contribution in [2.45, 2.75) is 25.8 Å². The Morgan fingerprint density at radius 1 is 0.897 bits per heavy atom. The molecule has 0 fully saturated rings. The van der Waals surface area contributed by atoms with Gasteiger partial charge in [0.2, 0.25) is 5.91 Å². The fourth-order valence-corrected chi connectivity index (χ4v) is 3.29. The van der Waals surface area contributed by atoms with Gasteiger partial charge in [-0.15, -0.1) is 0 Å². The van der Waals surface area contributed by atoms with Crippen molar-refractivity contribution >= 4 is 5.91 Å². The van der Waals surface area contributed by atoms with Crippen LogP contribution in [-0.2, 0) is 11.2 Å². The second-order valence-corrected chi connectivity index (χ2v) is 6.73. The topological polar surface area (TPSA) is 47.6 Å². The van der Waals surface area contributed by atoms with Crippen LogP contribution >= 0.6 is 0 Å². The van der Waals surface area contributed by atoms with E-state index in [2.05, 4.69) is 5.32 Å². The fraction of sp³-hybridized carbons (Fsp3) is 0.240. The van der Waals surface area contributed by atoms with Gasteiger partial charge in [-0.05, 0) is 48.2 Å². The molecule has 1 N–H and O–H groups in total. The highest BCUT2D eigenvalue weighted by molar-refractivity contribution is 5.77. The zero-order valence-electron chi connectivity index (χ0n) is 16.9. The van der Waals surface area contributed by atoms with Gasteiger partial charge in [0.25, 0.3) is 0 Å². The third-order valence-corrected chi connectivity index (χ3v) is 4.78. The van der Waals surface area contributed by atoms with E-state index in [-0.39, 0.29) is 11.9 Å². The Bertz CT molecular complexity index is 907. The van der Waals surface area contributed by atoms with Crippen LogP contribution in [0.3, 0.4) is 0 Å². The minimum atomic E-state index is -0.211. The van der Waals surface area contributed by atoms with Crippen LogP contribution in [0.25, 0.3) is 0 Å². The number of methoxy groups -OCH3 is 1. The number of carbonyl (C=O) groups is 1. The summed E-state index contributed by atoms with van der Waals surface area (Å²) < 4.78 is 10.9. The van der Waals surface area contributed by atoms with Crippen LogP contribution < -0.4 is 14.8 Å². The average molecular weight is 389 g/mol. The molecule has 29 heavy (non-hydrogen) atoms. The fourth-order valence-electron chi connectivity index (χ4n) is 3.29. The van der Waals surface area contributed by atoms with E-state index in [9.17, 15) is 4.79 Å². The number of carbonyl (C=O) groups excluding carboxylic acids is 1. The molecule has 0 heterocycles. The Balaban J connectivity index is 1.73. The molecule has 1 atom stereocenters. The van der Waals surface area contributed by atoms with Gasteiger partial charge in [0.05, 0.1) is 19.8 Å². The summed E-state index contributed by atoms with van der Waals surface area (Å²) in [6.07, 6.45) is 1.02. The monoisotopic (exact) mass is 389 g/mol. The van der Waals surface area contributed by atoms with Crippen LogP contribution in [0.15, 0.2) is 78.9 Å². The first-order valence-corrected chi connectivity index (χ1v) is 9.90. The van der Waals surface area contributed by atoms with Crippen LogP contribution in [0, 0.1) is 0 Å². The van der Waals surface area contributed by atoms with Gasteiger partial charge in [-0.3, -0.25) is 4.79 Å². The molecule has 3 rings (SSSR count). The van der Waals surface area contributed by atoms with E-state index in [1.54, 1.807) is 7.11 Å². The minimum Gasteiger partial charge on any atom is -0.497 e. The summed E-state index contributed by atoms with van der Waals surface area (Å²) in [4.78, 5) is 12.8. The predicted octanol–water partition coefficient (Wildman–Crippen LogP) is 4.93. The smallest absolute Gasteiger partial charge is 0.221 e. The lowest BCUT2D eigenvalue weighted by Gasteiger charge is -2.20. The number of benzene rings is 3. The standard InChI is InChI=1S/C25H27NO3/c1-3-29-23-12-8-7-9-19(23)15-18-24(27)26-25(20-10-5-4-6-11-20)21-13-16-22(28-2)17-14-21/h4-14,16-17,25H,3,15,18H2,1-2H3,(H,26,27). The molecule has 0 spiro atoms. The van der Waals surface area contributed by atoms with Gasteiger partial charge >= 0.3 is 0 Å². The largest absolute Gasteiger partial charge is 0.497 e. The Hall–Kier alpha value is -3.27. The van der Waals surface area contributed by atoms with E-state index in [1.165, 1.54) is 0 Å². The van der Waals surface area contributed by atoms with Crippen molar-refractivity contribution in [3.63, 3.8) is 0 Å². The summed E-state index contributed by atoms with van der Waals surface area (Å²) in [6.45, 7) is 2.57. The molecule has 4 heteroatoms. The summed E-state index contributed by atoms with van der Waals surface area (Å²) in [5.41, 5.74) is 3.10. The number of amides is 1. The Kier molecular flexibility index (Phi) is 7.28. The third kappa shape index (κ3) is 5.61. The Morgan fingerprint density at radius 3 is 2.24 bits per heavy atom. The van der Waals surface area contributed by atoms with Crippen molar-refractivity contribution in [1.29, 1.82) is 0 Å². The van der Waals surface area contributed by atoms with E-state index in [0.717, 1.165) is 28.2 Å². The molecule has 0 saturated heterocycles.